The number of carbonyl (C=O) groups excluding carboxylic acids is 1. The lowest BCUT2D eigenvalue weighted by molar-refractivity contribution is 0.0985. The Morgan fingerprint density at radius 2 is 1.78 bits per heavy atom. The molecule has 32 heavy (non-hydrogen) atoms. The van der Waals surface area contributed by atoms with Crippen molar-refractivity contribution in [1.29, 1.82) is 0 Å². The van der Waals surface area contributed by atoms with Crippen LogP contribution in [0.4, 0.5) is 10.1 Å². The van der Waals surface area contributed by atoms with Crippen LogP contribution in [0.1, 0.15) is 27.3 Å². The van der Waals surface area contributed by atoms with Gasteiger partial charge in [-0.05, 0) is 61.9 Å². The highest BCUT2D eigenvalue weighted by atomic mass is 35.5. The molecular weight excluding hydrogens is 425 g/mol. The lowest BCUT2D eigenvalue weighted by atomic mass is 10.1. The summed E-state index contributed by atoms with van der Waals surface area (Å²) in [5.74, 6) is -0.511. The Balaban J connectivity index is 0.00000289. The molecule has 0 atom stereocenters. The molecule has 0 unspecified atom stereocenters. The van der Waals surface area contributed by atoms with Crippen molar-refractivity contribution < 1.29 is 9.18 Å². The van der Waals surface area contributed by atoms with Gasteiger partial charge in [0.25, 0.3) is 5.91 Å². The number of hydrogen-bond acceptors (Lipinski definition) is 2. The van der Waals surface area contributed by atoms with Crippen LogP contribution in [0, 0.1) is 19.7 Å². The molecule has 4 nitrogen and oxygen atoms in total. The van der Waals surface area contributed by atoms with E-state index in [-0.39, 0.29) is 30.7 Å². The van der Waals surface area contributed by atoms with Gasteiger partial charge < -0.3 is 9.47 Å². The molecular formula is C26H25ClFN3O. The van der Waals surface area contributed by atoms with Crippen LogP contribution in [0.5, 0.6) is 0 Å². The van der Waals surface area contributed by atoms with E-state index in [0.29, 0.717) is 17.8 Å². The fraction of sp³-hybridized carbons (Fsp3) is 0.154. The van der Waals surface area contributed by atoms with E-state index in [1.54, 1.807) is 35.4 Å². The molecule has 2 heterocycles. The lowest BCUT2D eigenvalue weighted by Crippen LogP contribution is -2.31. The molecule has 0 bridgehead atoms. The molecule has 0 aliphatic rings. The molecule has 0 spiro atoms. The number of pyridine rings is 1. The third-order valence-corrected chi connectivity index (χ3v) is 5.65. The molecule has 4 rings (SSSR count). The average Bonchev–Trinajstić information content (AvgIpc) is 3.04. The first-order valence-electron chi connectivity index (χ1n) is 10.2. The summed E-state index contributed by atoms with van der Waals surface area (Å²) in [6.07, 6.45) is 3.63. The summed E-state index contributed by atoms with van der Waals surface area (Å²) >= 11 is 0. The monoisotopic (exact) mass is 449 g/mol. The Morgan fingerprint density at radius 3 is 2.44 bits per heavy atom. The summed E-state index contributed by atoms with van der Waals surface area (Å²) in [6, 6.07) is 17.1. The number of anilines is 1. The summed E-state index contributed by atoms with van der Waals surface area (Å²) in [7, 11) is 0. The Morgan fingerprint density at radius 1 is 1.09 bits per heavy atom. The molecule has 0 aliphatic heterocycles. The standard InChI is InChI=1S/C26H24FN3O.ClH/c1-4-16-29-19(3)18(2)23-14-15-28-24(25(23)29)17-30(22-12-10-21(27)11-13-22)26(31)20-8-6-5-7-9-20;/h4-15H,1,16-17H2,2-3H3;1H. The maximum Gasteiger partial charge on any atom is 0.258 e. The highest BCUT2D eigenvalue weighted by Crippen LogP contribution is 2.29. The van der Waals surface area contributed by atoms with Crippen LogP contribution in [0.3, 0.4) is 0 Å². The van der Waals surface area contributed by atoms with E-state index in [0.717, 1.165) is 22.3 Å². The average molecular weight is 450 g/mol. The first-order valence-corrected chi connectivity index (χ1v) is 10.2. The van der Waals surface area contributed by atoms with Crippen molar-refractivity contribution in [1.82, 2.24) is 9.55 Å². The van der Waals surface area contributed by atoms with Gasteiger partial charge in [-0.3, -0.25) is 9.78 Å². The van der Waals surface area contributed by atoms with Crippen LogP contribution >= 0.6 is 12.4 Å². The predicted molar refractivity (Wildman–Crippen MR) is 130 cm³/mol. The van der Waals surface area contributed by atoms with Crippen molar-refractivity contribution in [2.45, 2.75) is 26.9 Å². The van der Waals surface area contributed by atoms with Crippen molar-refractivity contribution in [3.63, 3.8) is 0 Å². The Labute approximate surface area is 193 Å². The van der Waals surface area contributed by atoms with Gasteiger partial charge in [0.05, 0.1) is 17.8 Å². The zero-order chi connectivity index (χ0) is 22.0. The van der Waals surface area contributed by atoms with Crippen molar-refractivity contribution in [2.24, 2.45) is 0 Å². The second kappa shape index (κ2) is 9.79. The van der Waals surface area contributed by atoms with E-state index in [9.17, 15) is 9.18 Å². The number of benzene rings is 2. The molecule has 2 aromatic heterocycles. The van der Waals surface area contributed by atoms with Crippen LogP contribution in [-0.2, 0) is 13.1 Å². The van der Waals surface area contributed by atoms with Gasteiger partial charge in [-0.15, -0.1) is 19.0 Å². The Kier molecular flexibility index (Phi) is 7.11. The van der Waals surface area contributed by atoms with Gasteiger partial charge in [-0.2, -0.15) is 0 Å². The second-order valence-corrected chi connectivity index (χ2v) is 7.50. The minimum atomic E-state index is -0.345. The number of fused-ring (bicyclic) bond motifs is 1. The number of aryl methyl sites for hydroxylation is 1. The van der Waals surface area contributed by atoms with Gasteiger partial charge in [0.2, 0.25) is 0 Å². The first kappa shape index (κ1) is 23.2. The van der Waals surface area contributed by atoms with Crippen molar-refractivity contribution >= 4 is 34.9 Å². The van der Waals surface area contributed by atoms with E-state index in [2.05, 4.69) is 30.0 Å². The fourth-order valence-corrected chi connectivity index (χ4v) is 3.93. The van der Waals surface area contributed by atoms with E-state index < -0.39 is 0 Å². The second-order valence-electron chi connectivity index (χ2n) is 7.50. The number of halogens is 2. The van der Waals surface area contributed by atoms with Gasteiger partial charge in [0.1, 0.15) is 5.82 Å². The molecule has 1 amide bonds. The van der Waals surface area contributed by atoms with Gasteiger partial charge >= 0.3 is 0 Å². The quantitative estimate of drug-likeness (QED) is 0.326. The summed E-state index contributed by atoms with van der Waals surface area (Å²) in [5.41, 5.74) is 5.28. The zero-order valence-electron chi connectivity index (χ0n) is 18.1. The van der Waals surface area contributed by atoms with Gasteiger partial charge in [0.15, 0.2) is 0 Å². The van der Waals surface area contributed by atoms with Crippen LogP contribution in [-0.4, -0.2) is 15.5 Å². The SMILES string of the molecule is C=CCn1c(C)c(C)c2ccnc(CN(C(=O)c3ccccc3)c3ccc(F)cc3)c21.Cl. The topological polar surface area (TPSA) is 38.1 Å². The van der Waals surface area contributed by atoms with E-state index in [4.69, 9.17) is 0 Å². The third-order valence-electron chi connectivity index (χ3n) is 5.65. The molecule has 0 fully saturated rings. The molecule has 0 saturated heterocycles. The molecule has 164 valence electrons. The normalized spacial score (nSPS) is 10.6. The maximum absolute atomic E-state index is 13.6. The number of hydrogen-bond donors (Lipinski definition) is 0. The number of rotatable bonds is 6. The third kappa shape index (κ3) is 4.30. The van der Waals surface area contributed by atoms with Crippen LogP contribution < -0.4 is 4.90 Å². The van der Waals surface area contributed by atoms with Crippen LogP contribution in [0.25, 0.3) is 10.9 Å². The molecule has 0 saturated carbocycles. The first-order chi connectivity index (χ1) is 15.0. The smallest absolute Gasteiger partial charge is 0.258 e. The predicted octanol–water partition coefficient (Wildman–Crippen LogP) is 6.25. The molecule has 6 heteroatoms. The highest BCUT2D eigenvalue weighted by molar-refractivity contribution is 6.06. The van der Waals surface area contributed by atoms with Crippen molar-refractivity contribution in [2.75, 3.05) is 4.90 Å². The highest BCUT2D eigenvalue weighted by Gasteiger charge is 2.22. The van der Waals surface area contributed by atoms with Gasteiger partial charge in [0, 0.05) is 35.1 Å². The maximum atomic E-state index is 13.6. The fourth-order valence-electron chi connectivity index (χ4n) is 3.93. The zero-order valence-corrected chi connectivity index (χ0v) is 18.9. The van der Waals surface area contributed by atoms with Crippen LogP contribution in [0.15, 0.2) is 79.5 Å². The summed E-state index contributed by atoms with van der Waals surface area (Å²) in [4.78, 5) is 19.7. The van der Waals surface area contributed by atoms with Gasteiger partial charge in [-0.25, -0.2) is 4.39 Å². The number of allylic oxidation sites excluding steroid dienone is 1. The van der Waals surface area contributed by atoms with E-state index in [1.807, 2.05) is 30.3 Å². The Bertz CT molecular complexity index is 1250. The number of carbonyl (C=O) groups is 1. The molecule has 4 aromatic rings. The van der Waals surface area contributed by atoms with E-state index in [1.165, 1.54) is 17.7 Å². The van der Waals surface area contributed by atoms with E-state index >= 15 is 0 Å². The summed E-state index contributed by atoms with van der Waals surface area (Å²) < 4.78 is 15.7. The van der Waals surface area contributed by atoms with Gasteiger partial charge in [-0.1, -0.05) is 24.3 Å². The number of aromatic nitrogens is 2. The molecule has 2 aromatic carbocycles. The van der Waals surface area contributed by atoms with Crippen LogP contribution in [0.2, 0.25) is 0 Å². The minimum Gasteiger partial charge on any atom is -0.339 e. The number of amides is 1. The molecule has 0 radical (unpaired) electrons. The molecule has 0 aliphatic carbocycles. The van der Waals surface area contributed by atoms with Crippen molar-refractivity contribution in [3.8, 4) is 0 Å². The van der Waals surface area contributed by atoms with Crippen molar-refractivity contribution in [3.05, 3.63) is 108 Å². The largest absolute Gasteiger partial charge is 0.339 e. The Hall–Kier alpha value is -3.44. The number of nitrogens with zero attached hydrogens (tertiary/aromatic N) is 3. The summed E-state index contributed by atoms with van der Waals surface area (Å²) in [6.45, 7) is 8.97. The summed E-state index contributed by atoms with van der Waals surface area (Å²) in [5, 5.41) is 1.11. The minimum absolute atomic E-state index is 0. The lowest BCUT2D eigenvalue weighted by Gasteiger charge is -2.23. The molecule has 0 N–H and O–H groups in total.